The maximum Gasteiger partial charge on any atom is 0.0106 e. The van der Waals surface area contributed by atoms with Gasteiger partial charge >= 0.3 is 0 Å². The van der Waals surface area contributed by atoms with Crippen molar-refractivity contribution in [2.45, 2.75) is 96.1 Å². The first kappa shape index (κ1) is 19.6. The van der Waals surface area contributed by atoms with Crippen LogP contribution in [0.4, 0.5) is 0 Å². The second-order valence-electron chi connectivity index (χ2n) is 13.1. The van der Waals surface area contributed by atoms with Gasteiger partial charge in [-0.05, 0) is 132 Å². The molecule has 0 radical (unpaired) electrons. The number of rotatable bonds is 2. The highest BCUT2D eigenvalue weighted by Gasteiger charge is 2.51. The zero-order valence-electron chi connectivity index (χ0n) is 19.3. The third kappa shape index (κ3) is 3.42. The molecule has 6 aliphatic rings. The molecule has 3 spiro atoms. The van der Waals surface area contributed by atoms with Gasteiger partial charge in [-0.2, -0.15) is 0 Å². The van der Waals surface area contributed by atoms with Crippen molar-refractivity contribution < 1.29 is 0 Å². The van der Waals surface area contributed by atoms with E-state index in [9.17, 15) is 0 Å². The van der Waals surface area contributed by atoms with Gasteiger partial charge in [0.15, 0.2) is 0 Å². The van der Waals surface area contributed by atoms with Gasteiger partial charge in [0.05, 0.1) is 0 Å². The van der Waals surface area contributed by atoms with E-state index >= 15 is 0 Å². The van der Waals surface area contributed by atoms with Crippen LogP contribution in [0.25, 0.3) is 0 Å². The van der Waals surface area contributed by atoms with Crippen molar-refractivity contribution in [2.75, 3.05) is 46.3 Å². The van der Waals surface area contributed by atoms with E-state index in [4.69, 9.17) is 0 Å². The molecule has 6 rings (SSSR count). The summed E-state index contributed by atoms with van der Waals surface area (Å²) < 4.78 is 0. The van der Waals surface area contributed by atoms with Gasteiger partial charge in [-0.1, -0.05) is 6.92 Å². The van der Waals surface area contributed by atoms with E-state index in [0.717, 1.165) is 34.2 Å². The van der Waals surface area contributed by atoms with Crippen molar-refractivity contribution >= 4 is 0 Å². The molecule has 0 atom stereocenters. The van der Waals surface area contributed by atoms with Gasteiger partial charge in [-0.15, -0.1) is 0 Å². The Kier molecular flexibility index (Phi) is 4.68. The summed E-state index contributed by atoms with van der Waals surface area (Å²) >= 11 is 0. The number of piperidine rings is 2. The van der Waals surface area contributed by atoms with Crippen LogP contribution in [0.3, 0.4) is 0 Å². The lowest BCUT2D eigenvalue weighted by atomic mass is 9.56. The monoisotopic (exact) mass is 399 g/mol. The van der Waals surface area contributed by atoms with Crippen molar-refractivity contribution in [3.05, 3.63) is 0 Å². The standard InChI is InChI=1S/C26H45N3/c1-21-15-24(16-21)7-13-29(14-8-24)23-17-25(18-23)9-11-28(12-10-25)22-3-5-26(6-4-22)19-27(2)20-26/h21-23H,3-20H2,1-2H3. The Balaban J connectivity index is 0.937. The molecule has 3 saturated heterocycles. The SMILES string of the molecule is CC1CC2(CCN(C3CC4(CCN(C5CCC6(CC5)CN(C)C6)CC4)C3)CC2)C1. The average Bonchev–Trinajstić information content (AvgIpc) is 2.66. The maximum absolute atomic E-state index is 2.91. The number of hydrogen-bond acceptors (Lipinski definition) is 3. The molecule has 0 amide bonds. The molecule has 29 heavy (non-hydrogen) atoms. The second-order valence-corrected chi connectivity index (χ2v) is 13.1. The van der Waals surface area contributed by atoms with Gasteiger partial charge < -0.3 is 14.7 Å². The third-order valence-corrected chi connectivity index (χ3v) is 10.9. The fourth-order valence-corrected chi connectivity index (χ4v) is 9.16. The normalized spacial score (nSPS) is 39.9. The third-order valence-electron chi connectivity index (χ3n) is 10.9. The molecular weight excluding hydrogens is 354 g/mol. The van der Waals surface area contributed by atoms with Gasteiger partial charge in [0.1, 0.15) is 0 Å². The molecule has 0 aromatic heterocycles. The van der Waals surface area contributed by atoms with Crippen LogP contribution in [0.5, 0.6) is 0 Å². The largest absolute Gasteiger partial charge is 0.305 e. The number of hydrogen-bond donors (Lipinski definition) is 0. The van der Waals surface area contributed by atoms with Crippen LogP contribution in [-0.4, -0.2) is 73.1 Å². The van der Waals surface area contributed by atoms with E-state index in [0.29, 0.717) is 0 Å². The van der Waals surface area contributed by atoms with Crippen LogP contribution in [-0.2, 0) is 0 Å². The summed E-state index contributed by atoms with van der Waals surface area (Å²) in [5.41, 5.74) is 2.26. The summed E-state index contributed by atoms with van der Waals surface area (Å²) in [6.45, 7) is 10.9. The molecule has 3 saturated carbocycles. The molecule has 3 aliphatic carbocycles. The predicted octanol–water partition coefficient (Wildman–Crippen LogP) is 4.62. The van der Waals surface area contributed by atoms with Gasteiger partial charge in [0, 0.05) is 25.2 Å². The van der Waals surface area contributed by atoms with Crippen LogP contribution in [0.2, 0.25) is 0 Å². The minimum atomic E-state index is 0.730. The minimum Gasteiger partial charge on any atom is -0.305 e. The zero-order valence-corrected chi connectivity index (χ0v) is 19.3. The van der Waals surface area contributed by atoms with E-state index in [1.165, 1.54) is 116 Å². The fourth-order valence-electron chi connectivity index (χ4n) is 9.16. The average molecular weight is 400 g/mol. The molecule has 3 aliphatic heterocycles. The smallest absolute Gasteiger partial charge is 0.0106 e. The molecule has 0 bridgehead atoms. The van der Waals surface area contributed by atoms with Crippen molar-refractivity contribution in [1.29, 1.82) is 0 Å². The topological polar surface area (TPSA) is 9.72 Å². The molecule has 6 fully saturated rings. The second kappa shape index (κ2) is 6.94. The Labute approximate surface area is 179 Å². The van der Waals surface area contributed by atoms with Crippen molar-refractivity contribution in [1.82, 2.24) is 14.7 Å². The highest BCUT2D eigenvalue weighted by atomic mass is 15.2. The summed E-state index contributed by atoms with van der Waals surface area (Å²) in [5.74, 6) is 1.02. The highest BCUT2D eigenvalue weighted by molar-refractivity contribution is 5.05. The predicted molar refractivity (Wildman–Crippen MR) is 120 cm³/mol. The summed E-state index contributed by atoms with van der Waals surface area (Å²) in [6, 6.07) is 1.87. The Morgan fingerprint density at radius 1 is 0.586 bits per heavy atom. The van der Waals surface area contributed by atoms with Gasteiger partial charge in [0.2, 0.25) is 0 Å². The van der Waals surface area contributed by atoms with E-state index in [-0.39, 0.29) is 0 Å². The Morgan fingerprint density at radius 3 is 1.55 bits per heavy atom. The van der Waals surface area contributed by atoms with E-state index in [1.54, 1.807) is 0 Å². The van der Waals surface area contributed by atoms with Crippen molar-refractivity contribution in [3.8, 4) is 0 Å². The van der Waals surface area contributed by atoms with Crippen molar-refractivity contribution in [3.63, 3.8) is 0 Å². The highest BCUT2D eigenvalue weighted by Crippen LogP contribution is 2.56. The minimum absolute atomic E-state index is 0.730. The lowest BCUT2D eigenvalue weighted by molar-refractivity contribution is -0.0880. The Bertz CT molecular complexity index is 581. The van der Waals surface area contributed by atoms with Gasteiger partial charge in [0.25, 0.3) is 0 Å². The number of nitrogens with zero attached hydrogens (tertiary/aromatic N) is 3. The zero-order chi connectivity index (χ0) is 19.7. The van der Waals surface area contributed by atoms with Crippen molar-refractivity contribution in [2.24, 2.45) is 22.2 Å². The van der Waals surface area contributed by atoms with Crippen LogP contribution in [0, 0.1) is 22.2 Å². The molecule has 164 valence electrons. The first-order valence-electron chi connectivity index (χ1n) is 13.1. The van der Waals surface area contributed by atoms with E-state index in [1.807, 2.05) is 0 Å². The van der Waals surface area contributed by atoms with Crippen LogP contribution in [0.15, 0.2) is 0 Å². The van der Waals surface area contributed by atoms with Crippen LogP contribution < -0.4 is 0 Å². The van der Waals surface area contributed by atoms with E-state index < -0.39 is 0 Å². The Morgan fingerprint density at radius 2 is 1.07 bits per heavy atom. The van der Waals surface area contributed by atoms with E-state index in [2.05, 4.69) is 28.7 Å². The van der Waals surface area contributed by atoms with Gasteiger partial charge in [-0.3, -0.25) is 0 Å². The molecule has 3 heterocycles. The summed E-state index contributed by atoms with van der Waals surface area (Å²) in [5, 5.41) is 0. The first-order chi connectivity index (χ1) is 14.0. The molecule has 0 aromatic rings. The number of likely N-dealkylation sites (tertiary alicyclic amines) is 3. The first-order valence-corrected chi connectivity index (χ1v) is 13.1. The molecule has 0 aromatic carbocycles. The quantitative estimate of drug-likeness (QED) is 0.671. The maximum atomic E-state index is 2.91. The lowest BCUT2D eigenvalue weighted by Crippen LogP contribution is -2.60. The summed E-state index contributed by atoms with van der Waals surface area (Å²) in [7, 11) is 2.29. The van der Waals surface area contributed by atoms with Crippen LogP contribution >= 0.6 is 0 Å². The summed E-state index contributed by atoms with van der Waals surface area (Å²) in [6.07, 6.45) is 18.1. The van der Waals surface area contributed by atoms with Crippen LogP contribution in [0.1, 0.15) is 84.0 Å². The summed E-state index contributed by atoms with van der Waals surface area (Å²) in [4.78, 5) is 8.34. The fraction of sp³-hybridized carbons (Fsp3) is 1.00. The molecule has 0 N–H and O–H groups in total. The van der Waals surface area contributed by atoms with Gasteiger partial charge in [-0.25, -0.2) is 0 Å². The molecule has 0 unspecified atom stereocenters. The Hall–Kier alpha value is -0.120. The molecular formula is C26H45N3. The lowest BCUT2D eigenvalue weighted by Gasteiger charge is -2.59. The molecule has 3 nitrogen and oxygen atoms in total. The molecule has 3 heteroatoms.